The maximum Gasteiger partial charge on any atom is 0.250 e. The third kappa shape index (κ3) is 3.98. The molecule has 1 N–H and O–H groups in total. The van der Waals surface area contributed by atoms with Crippen LogP contribution in [0.2, 0.25) is 0 Å². The van der Waals surface area contributed by atoms with E-state index in [1.165, 1.54) is 37.6 Å². The Hall–Kier alpha value is -2.55. The van der Waals surface area contributed by atoms with Gasteiger partial charge >= 0.3 is 0 Å². The summed E-state index contributed by atoms with van der Waals surface area (Å²) >= 11 is 1.23. The van der Waals surface area contributed by atoms with E-state index in [1.807, 2.05) is 30.3 Å². The molecule has 26 heavy (non-hydrogen) atoms. The van der Waals surface area contributed by atoms with Crippen LogP contribution in [0, 0.1) is 0 Å². The molecular formula is C18H17N3O3S2. The molecular weight excluding hydrogens is 370 g/mol. The number of aromatic nitrogens is 1. The average molecular weight is 387 g/mol. The van der Waals surface area contributed by atoms with E-state index in [1.54, 1.807) is 18.2 Å². The van der Waals surface area contributed by atoms with Crippen LogP contribution in [-0.2, 0) is 14.8 Å². The molecule has 1 amide bonds. The van der Waals surface area contributed by atoms with Crippen LogP contribution >= 0.6 is 11.3 Å². The van der Waals surface area contributed by atoms with Gasteiger partial charge in [-0.2, -0.15) is 0 Å². The number of nitrogens with one attached hydrogen (secondary N) is 1. The van der Waals surface area contributed by atoms with Crippen LogP contribution in [0.4, 0.5) is 5.13 Å². The highest BCUT2D eigenvalue weighted by atomic mass is 32.2. The molecule has 0 aliphatic heterocycles. The molecule has 0 atom stereocenters. The van der Waals surface area contributed by atoms with E-state index in [2.05, 4.69) is 10.3 Å². The molecule has 0 fully saturated rings. The first-order chi connectivity index (χ1) is 12.4. The fraction of sp³-hybridized carbons (Fsp3) is 0.111. The lowest BCUT2D eigenvalue weighted by Gasteiger charge is -2.10. The largest absolute Gasteiger partial charge is 0.298 e. The minimum atomic E-state index is -3.51. The van der Waals surface area contributed by atoms with Crippen LogP contribution in [0.25, 0.3) is 16.3 Å². The summed E-state index contributed by atoms with van der Waals surface area (Å²) in [5, 5.41) is 3.12. The summed E-state index contributed by atoms with van der Waals surface area (Å²) in [7, 11) is -0.542. The van der Waals surface area contributed by atoms with Gasteiger partial charge in [-0.1, -0.05) is 41.7 Å². The number of benzene rings is 2. The van der Waals surface area contributed by atoms with E-state index in [9.17, 15) is 13.2 Å². The number of sulfonamides is 1. The second kappa shape index (κ2) is 7.36. The van der Waals surface area contributed by atoms with Gasteiger partial charge in [-0.25, -0.2) is 17.7 Å². The second-order valence-electron chi connectivity index (χ2n) is 5.67. The van der Waals surface area contributed by atoms with Crippen LogP contribution in [0.5, 0.6) is 0 Å². The Balaban J connectivity index is 1.79. The molecule has 0 aliphatic rings. The van der Waals surface area contributed by atoms with E-state index in [-0.39, 0.29) is 10.8 Å². The van der Waals surface area contributed by atoms with Gasteiger partial charge in [0.25, 0.3) is 0 Å². The third-order valence-electron chi connectivity index (χ3n) is 3.60. The van der Waals surface area contributed by atoms with Crippen molar-refractivity contribution in [2.45, 2.75) is 4.90 Å². The van der Waals surface area contributed by atoms with Gasteiger partial charge in [-0.15, -0.1) is 0 Å². The van der Waals surface area contributed by atoms with Gasteiger partial charge in [0.1, 0.15) is 0 Å². The summed E-state index contributed by atoms with van der Waals surface area (Å²) in [5.41, 5.74) is 1.56. The van der Waals surface area contributed by atoms with Crippen molar-refractivity contribution in [1.82, 2.24) is 9.29 Å². The quantitative estimate of drug-likeness (QED) is 0.682. The molecule has 0 spiro atoms. The maximum atomic E-state index is 12.2. The molecule has 1 aromatic heterocycles. The molecule has 0 bridgehead atoms. The van der Waals surface area contributed by atoms with Crippen molar-refractivity contribution in [3.8, 4) is 0 Å². The summed E-state index contributed by atoms with van der Waals surface area (Å²) in [6.45, 7) is 0. The predicted octanol–water partition coefficient (Wildman–Crippen LogP) is 3.20. The number of carbonyl (C=O) groups excluding carboxylic acids is 1. The molecule has 6 nitrogen and oxygen atoms in total. The zero-order valence-corrected chi connectivity index (χ0v) is 15.8. The topological polar surface area (TPSA) is 79.4 Å². The number of rotatable bonds is 5. The normalized spacial score (nSPS) is 12.1. The number of hydrogen-bond acceptors (Lipinski definition) is 5. The van der Waals surface area contributed by atoms with Crippen LogP contribution in [0.15, 0.2) is 59.5 Å². The Kier molecular flexibility index (Phi) is 5.17. The summed E-state index contributed by atoms with van der Waals surface area (Å²) < 4.78 is 26.3. The van der Waals surface area contributed by atoms with Gasteiger partial charge in [0.15, 0.2) is 5.13 Å². The molecule has 2 aromatic carbocycles. The molecule has 0 unspecified atom stereocenters. The Morgan fingerprint density at radius 1 is 1.15 bits per heavy atom. The van der Waals surface area contributed by atoms with Crippen molar-refractivity contribution in [3.63, 3.8) is 0 Å². The Bertz CT molecular complexity index is 1070. The third-order valence-corrected chi connectivity index (χ3v) is 6.34. The molecule has 0 saturated heterocycles. The molecule has 134 valence electrons. The molecule has 3 aromatic rings. The average Bonchev–Trinajstić information content (AvgIpc) is 3.02. The minimum absolute atomic E-state index is 0.195. The minimum Gasteiger partial charge on any atom is -0.298 e. The highest BCUT2D eigenvalue weighted by molar-refractivity contribution is 7.89. The zero-order chi connectivity index (χ0) is 18.7. The first-order valence-electron chi connectivity index (χ1n) is 7.73. The Labute approximate surface area is 155 Å². The van der Waals surface area contributed by atoms with Gasteiger partial charge in [-0.05, 0) is 29.8 Å². The van der Waals surface area contributed by atoms with E-state index in [0.717, 1.165) is 9.87 Å². The van der Waals surface area contributed by atoms with E-state index in [0.29, 0.717) is 15.3 Å². The van der Waals surface area contributed by atoms with Gasteiger partial charge in [0.05, 0.1) is 15.1 Å². The Morgan fingerprint density at radius 3 is 2.58 bits per heavy atom. The van der Waals surface area contributed by atoms with Gasteiger partial charge < -0.3 is 0 Å². The van der Waals surface area contributed by atoms with Crippen molar-refractivity contribution < 1.29 is 13.2 Å². The van der Waals surface area contributed by atoms with E-state index in [4.69, 9.17) is 0 Å². The maximum absolute atomic E-state index is 12.2. The predicted molar refractivity (Wildman–Crippen MR) is 105 cm³/mol. The van der Waals surface area contributed by atoms with E-state index >= 15 is 0 Å². The number of amides is 1. The van der Waals surface area contributed by atoms with Crippen LogP contribution in [0.3, 0.4) is 0 Å². The second-order valence-corrected chi connectivity index (χ2v) is 8.85. The summed E-state index contributed by atoms with van der Waals surface area (Å²) in [6.07, 6.45) is 3.15. The fourth-order valence-electron chi connectivity index (χ4n) is 2.21. The van der Waals surface area contributed by atoms with Crippen LogP contribution < -0.4 is 5.32 Å². The molecule has 0 aliphatic carbocycles. The SMILES string of the molecule is CN(C)S(=O)(=O)c1ccc2nc(NC(=O)C=Cc3ccccc3)sc2c1. The van der Waals surface area contributed by atoms with Gasteiger partial charge in [-0.3, -0.25) is 10.1 Å². The molecule has 8 heteroatoms. The molecule has 3 rings (SSSR count). The van der Waals surface area contributed by atoms with E-state index < -0.39 is 10.0 Å². The molecule has 0 saturated carbocycles. The molecule has 0 radical (unpaired) electrons. The Morgan fingerprint density at radius 2 is 1.88 bits per heavy atom. The number of hydrogen-bond donors (Lipinski definition) is 1. The standard InChI is InChI=1S/C18H17N3O3S2/c1-21(2)26(23,24)14-9-10-15-16(12-14)25-18(19-15)20-17(22)11-8-13-6-4-3-5-7-13/h3-12H,1-2H3,(H,19,20,22). The van der Waals surface area contributed by atoms with Crippen molar-refractivity contribution in [2.75, 3.05) is 19.4 Å². The van der Waals surface area contributed by atoms with Crippen molar-refractivity contribution >= 4 is 48.7 Å². The first kappa shape index (κ1) is 18.2. The number of nitrogens with zero attached hydrogens (tertiary/aromatic N) is 2. The first-order valence-corrected chi connectivity index (χ1v) is 9.99. The van der Waals surface area contributed by atoms with Crippen LogP contribution in [-0.4, -0.2) is 37.7 Å². The van der Waals surface area contributed by atoms with Gasteiger partial charge in [0, 0.05) is 20.2 Å². The van der Waals surface area contributed by atoms with Crippen molar-refractivity contribution in [3.05, 3.63) is 60.2 Å². The summed E-state index contributed by atoms with van der Waals surface area (Å²) in [6, 6.07) is 14.2. The smallest absolute Gasteiger partial charge is 0.250 e. The van der Waals surface area contributed by atoms with Crippen LogP contribution in [0.1, 0.15) is 5.56 Å². The van der Waals surface area contributed by atoms with Crippen molar-refractivity contribution in [1.29, 1.82) is 0 Å². The number of anilines is 1. The summed E-state index contributed by atoms with van der Waals surface area (Å²) in [5.74, 6) is -0.297. The zero-order valence-electron chi connectivity index (χ0n) is 14.2. The number of thiazole rings is 1. The summed E-state index contributed by atoms with van der Waals surface area (Å²) in [4.78, 5) is 16.6. The van der Waals surface area contributed by atoms with Crippen molar-refractivity contribution in [2.24, 2.45) is 0 Å². The number of fused-ring (bicyclic) bond motifs is 1. The fourth-order valence-corrected chi connectivity index (χ4v) is 4.12. The highest BCUT2D eigenvalue weighted by Gasteiger charge is 2.18. The lowest BCUT2D eigenvalue weighted by atomic mass is 10.2. The lowest BCUT2D eigenvalue weighted by molar-refractivity contribution is -0.111. The number of carbonyl (C=O) groups is 1. The monoisotopic (exact) mass is 387 g/mol. The highest BCUT2D eigenvalue weighted by Crippen LogP contribution is 2.28. The lowest BCUT2D eigenvalue weighted by Crippen LogP contribution is -2.22. The molecule has 1 heterocycles. The van der Waals surface area contributed by atoms with Gasteiger partial charge in [0.2, 0.25) is 15.9 Å².